The highest BCUT2D eigenvalue weighted by Crippen LogP contribution is 2.25. The summed E-state index contributed by atoms with van der Waals surface area (Å²) in [5, 5.41) is 8.94. The Morgan fingerprint density at radius 1 is 1.24 bits per heavy atom. The van der Waals surface area contributed by atoms with Crippen LogP contribution in [0, 0.1) is 0 Å². The molecular formula is C13H17BrClNO4S. The van der Waals surface area contributed by atoms with Crippen molar-refractivity contribution in [1.29, 1.82) is 0 Å². The molecule has 1 aromatic rings. The minimum atomic E-state index is -3.54. The molecule has 1 aromatic carbocycles. The van der Waals surface area contributed by atoms with Crippen molar-refractivity contribution in [1.82, 2.24) is 4.72 Å². The maximum atomic E-state index is 12.0. The van der Waals surface area contributed by atoms with Crippen molar-refractivity contribution < 1.29 is 18.3 Å². The summed E-state index contributed by atoms with van der Waals surface area (Å²) in [6.45, 7) is 0.329. The minimum absolute atomic E-state index is 0.157. The topological polar surface area (TPSA) is 83.5 Å². The molecule has 1 rings (SSSR count). The van der Waals surface area contributed by atoms with Crippen LogP contribution in [-0.2, 0) is 14.8 Å². The number of unbranched alkanes of at least 4 members (excludes halogenated alkanes) is 3. The van der Waals surface area contributed by atoms with Gasteiger partial charge in [-0.15, -0.1) is 0 Å². The van der Waals surface area contributed by atoms with Gasteiger partial charge in [-0.3, -0.25) is 4.79 Å². The van der Waals surface area contributed by atoms with Gasteiger partial charge in [0.05, 0.1) is 9.92 Å². The van der Waals surface area contributed by atoms with E-state index in [0.29, 0.717) is 28.9 Å². The van der Waals surface area contributed by atoms with Gasteiger partial charge in [0.1, 0.15) is 0 Å². The molecule has 0 unspecified atom stereocenters. The van der Waals surface area contributed by atoms with Gasteiger partial charge in [0.15, 0.2) is 0 Å². The summed E-state index contributed by atoms with van der Waals surface area (Å²) in [4.78, 5) is 10.5. The number of carboxylic acids is 1. The monoisotopic (exact) mass is 397 g/mol. The number of hydrogen-bond donors (Lipinski definition) is 2. The average Bonchev–Trinajstić information content (AvgIpc) is 2.40. The van der Waals surface area contributed by atoms with Gasteiger partial charge in [-0.1, -0.05) is 24.4 Å². The van der Waals surface area contributed by atoms with E-state index in [1.165, 1.54) is 18.2 Å². The quantitative estimate of drug-likeness (QED) is 0.624. The molecule has 5 nitrogen and oxygen atoms in total. The lowest BCUT2D eigenvalue weighted by molar-refractivity contribution is -0.137. The Balaban J connectivity index is 2.36. The number of carbonyl (C=O) groups is 1. The van der Waals surface area contributed by atoms with Crippen molar-refractivity contribution in [2.45, 2.75) is 37.0 Å². The molecular weight excluding hydrogens is 382 g/mol. The van der Waals surface area contributed by atoms with Crippen LogP contribution in [0.15, 0.2) is 27.6 Å². The summed E-state index contributed by atoms with van der Waals surface area (Å²) < 4.78 is 27.1. The van der Waals surface area contributed by atoms with Crippen LogP contribution in [0.5, 0.6) is 0 Å². The van der Waals surface area contributed by atoms with Crippen LogP contribution in [0.4, 0.5) is 0 Å². The zero-order valence-electron chi connectivity index (χ0n) is 11.3. The molecule has 21 heavy (non-hydrogen) atoms. The van der Waals surface area contributed by atoms with Gasteiger partial charge >= 0.3 is 5.97 Å². The summed E-state index contributed by atoms with van der Waals surface area (Å²) in [6.07, 6.45) is 3.02. The number of hydrogen-bond acceptors (Lipinski definition) is 3. The number of halogens is 2. The smallest absolute Gasteiger partial charge is 0.303 e. The highest BCUT2D eigenvalue weighted by Gasteiger charge is 2.14. The summed E-state index contributed by atoms with van der Waals surface area (Å²) in [7, 11) is -3.54. The first-order chi connectivity index (χ1) is 9.83. The zero-order chi connectivity index (χ0) is 15.9. The summed E-state index contributed by atoms with van der Waals surface area (Å²) in [5.74, 6) is -0.802. The number of rotatable bonds is 9. The maximum absolute atomic E-state index is 12.0. The van der Waals surface area contributed by atoms with Crippen LogP contribution in [-0.4, -0.2) is 26.0 Å². The molecule has 0 saturated heterocycles. The largest absolute Gasteiger partial charge is 0.481 e. The van der Waals surface area contributed by atoms with E-state index in [1.54, 1.807) is 0 Å². The molecule has 118 valence electrons. The number of nitrogens with one attached hydrogen (secondary N) is 1. The fraction of sp³-hybridized carbons (Fsp3) is 0.462. The fourth-order valence-electron chi connectivity index (χ4n) is 1.69. The van der Waals surface area contributed by atoms with Gasteiger partial charge in [0, 0.05) is 17.4 Å². The minimum Gasteiger partial charge on any atom is -0.481 e. The van der Waals surface area contributed by atoms with Gasteiger partial charge in [-0.05, 0) is 47.0 Å². The van der Waals surface area contributed by atoms with Crippen LogP contribution in [0.2, 0.25) is 5.02 Å². The zero-order valence-corrected chi connectivity index (χ0v) is 14.5. The lowest BCUT2D eigenvalue weighted by Gasteiger charge is -2.07. The molecule has 0 amide bonds. The Bertz CT molecular complexity index is 592. The van der Waals surface area contributed by atoms with E-state index in [2.05, 4.69) is 20.7 Å². The van der Waals surface area contributed by atoms with Crippen LogP contribution >= 0.6 is 27.5 Å². The summed E-state index contributed by atoms with van der Waals surface area (Å²) in [5.41, 5.74) is 0. The standard InChI is InChI=1S/C13H17BrClNO4S/c14-11-9-10(6-7-12(11)15)21(19,20)16-8-4-2-1-3-5-13(17)18/h6-7,9,16H,1-5,8H2,(H,17,18). The van der Waals surface area contributed by atoms with E-state index in [4.69, 9.17) is 16.7 Å². The first kappa shape index (κ1) is 18.4. The van der Waals surface area contributed by atoms with E-state index in [9.17, 15) is 13.2 Å². The number of carboxylic acid groups (broad SMARTS) is 1. The van der Waals surface area contributed by atoms with Gasteiger partial charge in [0.2, 0.25) is 10.0 Å². The van der Waals surface area contributed by atoms with Crippen molar-refractivity contribution in [2.24, 2.45) is 0 Å². The maximum Gasteiger partial charge on any atom is 0.303 e. The van der Waals surface area contributed by atoms with Crippen molar-refractivity contribution in [3.63, 3.8) is 0 Å². The second-order valence-electron chi connectivity index (χ2n) is 4.53. The molecule has 0 spiro atoms. The lowest BCUT2D eigenvalue weighted by atomic mass is 10.1. The van der Waals surface area contributed by atoms with E-state index in [-0.39, 0.29) is 11.3 Å². The van der Waals surface area contributed by atoms with Gasteiger partial charge < -0.3 is 5.11 Å². The fourth-order valence-corrected chi connectivity index (χ4v) is 3.44. The van der Waals surface area contributed by atoms with E-state index in [0.717, 1.165) is 12.8 Å². The van der Waals surface area contributed by atoms with Crippen molar-refractivity contribution in [2.75, 3.05) is 6.54 Å². The molecule has 2 N–H and O–H groups in total. The molecule has 0 radical (unpaired) electrons. The first-order valence-corrected chi connectivity index (χ1v) is 9.15. The Kier molecular flexibility index (Phi) is 7.65. The highest BCUT2D eigenvalue weighted by atomic mass is 79.9. The molecule has 8 heteroatoms. The van der Waals surface area contributed by atoms with Crippen LogP contribution in [0.3, 0.4) is 0 Å². The third-order valence-corrected chi connectivity index (χ3v) is 5.48. The SMILES string of the molecule is O=C(O)CCCCCCNS(=O)(=O)c1ccc(Cl)c(Br)c1. The molecule has 0 saturated carbocycles. The molecule has 0 aliphatic rings. The second-order valence-corrected chi connectivity index (χ2v) is 7.56. The lowest BCUT2D eigenvalue weighted by Crippen LogP contribution is -2.24. The van der Waals surface area contributed by atoms with Crippen molar-refractivity contribution in [3.05, 3.63) is 27.7 Å². The van der Waals surface area contributed by atoms with Crippen molar-refractivity contribution in [3.8, 4) is 0 Å². The van der Waals surface area contributed by atoms with E-state index in [1.807, 2.05) is 0 Å². The average molecular weight is 399 g/mol. The third-order valence-electron chi connectivity index (χ3n) is 2.81. The van der Waals surface area contributed by atoms with Gasteiger partial charge in [-0.2, -0.15) is 0 Å². The van der Waals surface area contributed by atoms with Gasteiger partial charge in [-0.25, -0.2) is 13.1 Å². The summed E-state index contributed by atoms with van der Waals surface area (Å²) >= 11 is 9.01. The molecule has 0 heterocycles. The molecule has 0 fully saturated rings. The number of sulfonamides is 1. The van der Waals surface area contributed by atoms with Crippen LogP contribution in [0.1, 0.15) is 32.1 Å². The number of benzene rings is 1. The number of aliphatic carboxylic acids is 1. The first-order valence-electron chi connectivity index (χ1n) is 6.49. The molecule has 0 aliphatic heterocycles. The Labute approximate surface area is 137 Å². The predicted octanol–water partition coefficient (Wildman–Crippen LogP) is 3.42. The Morgan fingerprint density at radius 2 is 1.90 bits per heavy atom. The van der Waals surface area contributed by atoms with E-state index < -0.39 is 16.0 Å². The molecule has 0 atom stereocenters. The molecule has 0 bridgehead atoms. The Hall–Kier alpha value is -0.630. The normalized spacial score (nSPS) is 11.5. The molecule has 0 aliphatic carbocycles. The Morgan fingerprint density at radius 3 is 2.52 bits per heavy atom. The third kappa shape index (κ3) is 6.78. The van der Waals surface area contributed by atoms with Crippen molar-refractivity contribution >= 4 is 43.5 Å². The van der Waals surface area contributed by atoms with E-state index >= 15 is 0 Å². The highest BCUT2D eigenvalue weighted by molar-refractivity contribution is 9.10. The second kappa shape index (κ2) is 8.73. The molecule has 0 aromatic heterocycles. The predicted molar refractivity (Wildman–Crippen MR) is 85.1 cm³/mol. The van der Waals surface area contributed by atoms with Crippen LogP contribution in [0.25, 0.3) is 0 Å². The van der Waals surface area contributed by atoms with Gasteiger partial charge in [0.25, 0.3) is 0 Å². The summed E-state index contributed by atoms with van der Waals surface area (Å²) in [6, 6.07) is 4.42. The van der Waals surface area contributed by atoms with Crippen LogP contribution < -0.4 is 4.72 Å².